The molecule has 1 aliphatic heterocycles. The minimum Gasteiger partial charge on any atom is -0.481 e. The number of methoxy groups -OCH3 is 1. The van der Waals surface area contributed by atoms with Gasteiger partial charge in [0, 0.05) is 26.1 Å². The maximum absolute atomic E-state index is 13.1. The van der Waals surface area contributed by atoms with Crippen molar-refractivity contribution in [3.63, 3.8) is 0 Å². The van der Waals surface area contributed by atoms with Gasteiger partial charge in [-0.1, -0.05) is 62.4 Å². The second-order valence-electron chi connectivity index (χ2n) is 9.15. The third-order valence-electron chi connectivity index (χ3n) is 6.75. The number of aliphatic carboxylic acids is 1. The number of carbonyl (C=O) groups excluding carboxylic acids is 2. The number of nitrogens with one attached hydrogen (secondary N) is 1. The number of ether oxygens (including phenoxy) is 2. The first-order valence-corrected chi connectivity index (χ1v) is 11.5. The summed E-state index contributed by atoms with van der Waals surface area (Å²) in [6, 6.07) is 15.3. The van der Waals surface area contributed by atoms with Gasteiger partial charge in [0.2, 0.25) is 5.91 Å². The van der Waals surface area contributed by atoms with Gasteiger partial charge in [-0.25, -0.2) is 4.79 Å². The molecule has 0 radical (unpaired) electrons. The highest BCUT2D eigenvalue weighted by Gasteiger charge is 2.42. The van der Waals surface area contributed by atoms with Crippen LogP contribution in [0.3, 0.4) is 0 Å². The Kier molecular flexibility index (Phi) is 6.88. The zero-order valence-corrected chi connectivity index (χ0v) is 19.6. The predicted molar refractivity (Wildman–Crippen MR) is 125 cm³/mol. The summed E-state index contributed by atoms with van der Waals surface area (Å²) in [5, 5.41) is 12.1. The Morgan fingerprint density at radius 2 is 1.62 bits per heavy atom. The lowest BCUT2D eigenvalue weighted by Gasteiger charge is -2.27. The molecule has 1 saturated heterocycles. The first-order chi connectivity index (χ1) is 16.3. The van der Waals surface area contributed by atoms with E-state index in [-0.39, 0.29) is 37.4 Å². The second-order valence-corrected chi connectivity index (χ2v) is 9.15. The summed E-state index contributed by atoms with van der Waals surface area (Å²) in [5.41, 5.74) is 4.49. The molecule has 0 spiro atoms. The Morgan fingerprint density at radius 1 is 1.03 bits per heavy atom. The fourth-order valence-electron chi connectivity index (χ4n) is 4.91. The van der Waals surface area contributed by atoms with E-state index in [0.29, 0.717) is 0 Å². The fraction of sp³-hybridized carbons (Fsp3) is 0.423. The Labute approximate surface area is 198 Å². The van der Waals surface area contributed by atoms with Crippen molar-refractivity contribution in [2.24, 2.45) is 11.8 Å². The Bertz CT molecular complexity index is 1040. The number of rotatable bonds is 7. The van der Waals surface area contributed by atoms with Gasteiger partial charge in [0.15, 0.2) is 0 Å². The molecule has 1 fully saturated rings. The van der Waals surface area contributed by atoms with Crippen molar-refractivity contribution in [1.82, 2.24) is 10.2 Å². The molecule has 2 unspecified atom stereocenters. The van der Waals surface area contributed by atoms with E-state index in [1.54, 1.807) is 0 Å². The van der Waals surface area contributed by atoms with Gasteiger partial charge < -0.3 is 24.8 Å². The Balaban J connectivity index is 1.42. The first kappa shape index (κ1) is 23.8. The monoisotopic (exact) mass is 466 g/mol. The number of likely N-dealkylation sites (tertiary alicyclic amines) is 1. The van der Waals surface area contributed by atoms with Gasteiger partial charge in [0.05, 0.1) is 6.10 Å². The van der Waals surface area contributed by atoms with Gasteiger partial charge in [-0.15, -0.1) is 0 Å². The third kappa shape index (κ3) is 4.50. The molecule has 3 atom stereocenters. The van der Waals surface area contributed by atoms with Gasteiger partial charge >= 0.3 is 12.1 Å². The molecule has 0 saturated carbocycles. The van der Waals surface area contributed by atoms with Crippen molar-refractivity contribution in [1.29, 1.82) is 0 Å². The molecule has 2 amide bonds. The standard InChI is InChI=1S/C26H30N2O6/c1-15(2)23(24(29)28-12-20(25(30)31)22(13-28)33-3)27-26(32)34-14-21-18-10-6-4-8-16(18)17-9-5-7-11-19(17)21/h4-11,15,20-23H,12-14H2,1-3H3,(H,27,32)(H,30,31)/t20?,22?,23-/m1/s1. The maximum Gasteiger partial charge on any atom is 0.407 e. The third-order valence-corrected chi connectivity index (χ3v) is 6.75. The molecule has 0 bridgehead atoms. The summed E-state index contributed by atoms with van der Waals surface area (Å²) in [7, 11) is 1.43. The van der Waals surface area contributed by atoms with Crippen LogP contribution in [-0.2, 0) is 19.1 Å². The highest BCUT2D eigenvalue weighted by atomic mass is 16.5. The number of alkyl carbamates (subject to hydrolysis) is 1. The van der Waals surface area contributed by atoms with Crippen LogP contribution < -0.4 is 5.32 Å². The zero-order valence-electron chi connectivity index (χ0n) is 19.6. The van der Waals surface area contributed by atoms with Crippen LogP contribution in [0, 0.1) is 11.8 Å². The molecule has 2 aromatic carbocycles. The van der Waals surface area contributed by atoms with Gasteiger partial charge in [-0.05, 0) is 28.2 Å². The number of carboxylic acids is 1. The zero-order chi connectivity index (χ0) is 24.4. The van der Waals surface area contributed by atoms with Crippen LogP contribution in [0.25, 0.3) is 11.1 Å². The summed E-state index contributed by atoms with van der Waals surface area (Å²) in [5.74, 6) is -2.43. The van der Waals surface area contributed by atoms with Gasteiger partial charge in [-0.3, -0.25) is 9.59 Å². The number of hydrogen-bond donors (Lipinski definition) is 2. The van der Waals surface area contributed by atoms with Gasteiger partial charge in [0.25, 0.3) is 0 Å². The highest BCUT2D eigenvalue weighted by molar-refractivity contribution is 5.87. The molecular formula is C26H30N2O6. The van der Waals surface area contributed by atoms with E-state index in [4.69, 9.17) is 9.47 Å². The number of amides is 2. The van der Waals surface area contributed by atoms with Crippen LogP contribution >= 0.6 is 0 Å². The lowest BCUT2D eigenvalue weighted by molar-refractivity contribution is -0.144. The molecule has 4 rings (SSSR count). The van der Waals surface area contributed by atoms with Crippen LogP contribution in [0.15, 0.2) is 48.5 Å². The van der Waals surface area contributed by atoms with Crippen LogP contribution in [0.5, 0.6) is 0 Å². The minimum absolute atomic E-state index is 0.0439. The van der Waals surface area contributed by atoms with Crippen LogP contribution in [0.4, 0.5) is 4.79 Å². The average molecular weight is 467 g/mol. The van der Waals surface area contributed by atoms with E-state index in [2.05, 4.69) is 17.4 Å². The lowest BCUT2D eigenvalue weighted by atomic mass is 9.98. The Morgan fingerprint density at radius 3 is 2.12 bits per heavy atom. The average Bonchev–Trinajstić information content (AvgIpc) is 3.40. The molecule has 1 aliphatic carbocycles. The smallest absolute Gasteiger partial charge is 0.407 e. The van der Waals surface area contributed by atoms with E-state index < -0.39 is 30.1 Å². The first-order valence-electron chi connectivity index (χ1n) is 11.5. The molecule has 2 aliphatic rings. The maximum atomic E-state index is 13.1. The molecule has 2 N–H and O–H groups in total. The van der Waals surface area contributed by atoms with Crippen LogP contribution in [0.2, 0.25) is 0 Å². The normalized spacial score (nSPS) is 20.1. The van der Waals surface area contributed by atoms with Gasteiger partial charge in [0.1, 0.15) is 18.6 Å². The minimum atomic E-state index is -1.01. The van der Waals surface area contributed by atoms with Crippen molar-refractivity contribution >= 4 is 18.0 Å². The molecule has 34 heavy (non-hydrogen) atoms. The number of fused-ring (bicyclic) bond motifs is 3. The fourth-order valence-corrected chi connectivity index (χ4v) is 4.91. The number of nitrogens with zero attached hydrogens (tertiary/aromatic N) is 1. The van der Waals surface area contributed by atoms with E-state index in [0.717, 1.165) is 22.3 Å². The topological polar surface area (TPSA) is 105 Å². The number of hydrogen-bond acceptors (Lipinski definition) is 5. The van der Waals surface area contributed by atoms with E-state index >= 15 is 0 Å². The van der Waals surface area contributed by atoms with E-state index in [9.17, 15) is 19.5 Å². The van der Waals surface area contributed by atoms with Crippen molar-refractivity contribution < 1.29 is 29.0 Å². The lowest BCUT2D eigenvalue weighted by Crippen LogP contribution is -2.51. The summed E-state index contributed by atoms with van der Waals surface area (Å²) in [6.07, 6.45) is -1.25. The van der Waals surface area contributed by atoms with E-state index in [1.807, 2.05) is 50.2 Å². The largest absolute Gasteiger partial charge is 0.481 e. The summed E-state index contributed by atoms with van der Waals surface area (Å²) >= 11 is 0. The number of benzene rings is 2. The number of carbonyl (C=O) groups is 3. The molecule has 1 heterocycles. The van der Waals surface area contributed by atoms with Crippen molar-refractivity contribution in [2.45, 2.75) is 31.9 Å². The summed E-state index contributed by atoms with van der Waals surface area (Å²) < 4.78 is 10.8. The summed E-state index contributed by atoms with van der Waals surface area (Å²) in [6.45, 7) is 4.01. The second kappa shape index (κ2) is 9.85. The molecular weight excluding hydrogens is 436 g/mol. The number of carboxylic acid groups (broad SMARTS) is 1. The van der Waals surface area contributed by atoms with Crippen LogP contribution in [-0.4, -0.2) is 66.9 Å². The van der Waals surface area contributed by atoms with Crippen molar-refractivity contribution in [3.8, 4) is 11.1 Å². The predicted octanol–water partition coefficient (Wildman–Crippen LogP) is 3.11. The highest BCUT2D eigenvalue weighted by Crippen LogP contribution is 2.44. The molecule has 180 valence electrons. The quantitative estimate of drug-likeness (QED) is 0.650. The van der Waals surface area contributed by atoms with E-state index in [1.165, 1.54) is 12.0 Å². The molecule has 8 nitrogen and oxygen atoms in total. The van der Waals surface area contributed by atoms with Crippen molar-refractivity contribution in [3.05, 3.63) is 59.7 Å². The Hall–Kier alpha value is -3.39. The summed E-state index contributed by atoms with van der Waals surface area (Å²) in [4.78, 5) is 38.8. The van der Waals surface area contributed by atoms with Crippen molar-refractivity contribution in [2.75, 3.05) is 26.8 Å². The van der Waals surface area contributed by atoms with Crippen LogP contribution in [0.1, 0.15) is 30.9 Å². The molecule has 0 aromatic heterocycles. The molecule has 2 aromatic rings. The SMILES string of the molecule is COC1CN(C(=O)[C@H](NC(=O)OCC2c3ccccc3-c3ccccc32)C(C)C)CC1C(=O)O. The molecule has 8 heteroatoms. The van der Waals surface area contributed by atoms with Gasteiger partial charge in [-0.2, -0.15) is 0 Å².